The second-order valence-electron chi connectivity index (χ2n) is 7.67. The summed E-state index contributed by atoms with van der Waals surface area (Å²) in [5.74, 6) is 0.799. The largest absolute Gasteiger partial charge is 0.483 e. The Balaban J connectivity index is 1.45. The molecule has 164 valence electrons. The van der Waals surface area contributed by atoms with Gasteiger partial charge < -0.3 is 15.0 Å². The molecule has 7 heteroatoms. The van der Waals surface area contributed by atoms with E-state index >= 15 is 0 Å². The average Bonchev–Trinajstić information content (AvgIpc) is 3.21. The maximum atomic E-state index is 12.2. The molecule has 0 aliphatic heterocycles. The number of carbonyl (C=O) groups is 1. The number of nitrogens with zero attached hydrogens (tertiary/aromatic N) is 2. The van der Waals surface area contributed by atoms with Crippen LogP contribution in [0.5, 0.6) is 5.75 Å². The minimum absolute atomic E-state index is 0.122. The lowest BCUT2D eigenvalue weighted by atomic mass is 10.1. The van der Waals surface area contributed by atoms with Gasteiger partial charge in [-0.25, -0.2) is 4.98 Å². The number of benzene rings is 3. The van der Waals surface area contributed by atoms with Crippen LogP contribution in [0.1, 0.15) is 22.5 Å². The fourth-order valence-corrected chi connectivity index (χ4v) is 3.78. The van der Waals surface area contributed by atoms with Crippen molar-refractivity contribution < 1.29 is 9.53 Å². The summed E-state index contributed by atoms with van der Waals surface area (Å²) in [7, 11) is 0. The number of nitrogens with one attached hydrogen (secondary N) is 2. The molecule has 1 aromatic heterocycles. The lowest BCUT2D eigenvalue weighted by Gasteiger charge is -2.10. The van der Waals surface area contributed by atoms with Crippen molar-refractivity contribution in [2.45, 2.75) is 13.8 Å². The number of hydrogen-bond acceptors (Lipinski definition) is 4. The molecule has 0 aliphatic rings. The van der Waals surface area contributed by atoms with Crippen LogP contribution in [-0.2, 0) is 4.79 Å². The van der Waals surface area contributed by atoms with Gasteiger partial charge in [0, 0.05) is 5.69 Å². The van der Waals surface area contributed by atoms with E-state index in [1.165, 1.54) is 0 Å². The second kappa shape index (κ2) is 9.72. The molecule has 0 radical (unpaired) electrons. The number of halogens is 1. The van der Waals surface area contributed by atoms with Crippen LogP contribution < -0.4 is 10.1 Å². The molecule has 0 spiro atoms. The van der Waals surface area contributed by atoms with Crippen molar-refractivity contribution >= 4 is 50.2 Å². The van der Waals surface area contributed by atoms with Crippen LogP contribution >= 0.6 is 15.9 Å². The molecule has 0 saturated carbocycles. The molecule has 1 amide bonds. The van der Waals surface area contributed by atoms with Crippen LogP contribution in [0.3, 0.4) is 0 Å². The number of ether oxygens (including phenoxy) is 1. The van der Waals surface area contributed by atoms with Gasteiger partial charge in [-0.2, -0.15) is 5.26 Å². The van der Waals surface area contributed by atoms with E-state index in [2.05, 4.69) is 37.3 Å². The molecular weight excluding hydrogens is 480 g/mol. The third kappa shape index (κ3) is 5.48. The van der Waals surface area contributed by atoms with Crippen molar-refractivity contribution in [1.29, 1.82) is 5.26 Å². The van der Waals surface area contributed by atoms with Gasteiger partial charge in [-0.05, 0) is 83.4 Å². The number of rotatable bonds is 6. The molecule has 1 heterocycles. The average molecular weight is 501 g/mol. The fraction of sp³-hybridized carbons (Fsp3) is 0.115. The molecule has 0 fully saturated rings. The smallest absolute Gasteiger partial charge is 0.262 e. The molecule has 0 unspecified atom stereocenters. The quantitative estimate of drug-likeness (QED) is 0.316. The first-order valence-electron chi connectivity index (χ1n) is 10.3. The molecule has 0 aliphatic carbocycles. The van der Waals surface area contributed by atoms with Crippen LogP contribution in [0.25, 0.3) is 22.7 Å². The van der Waals surface area contributed by atoms with E-state index in [0.29, 0.717) is 21.6 Å². The highest BCUT2D eigenvalue weighted by Crippen LogP contribution is 2.28. The van der Waals surface area contributed by atoms with Crippen molar-refractivity contribution in [1.82, 2.24) is 9.97 Å². The van der Waals surface area contributed by atoms with Crippen molar-refractivity contribution in [3.05, 3.63) is 87.7 Å². The number of aromatic nitrogens is 2. The zero-order chi connectivity index (χ0) is 23.4. The lowest BCUT2D eigenvalue weighted by molar-refractivity contribution is -0.118. The van der Waals surface area contributed by atoms with Gasteiger partial charge in [0.25, 0.3) is 5.91 Å². The number of anilines is 1. The maximum Gasteiger partial charge on any atom is 0.262 e. The van der Waals surface area contributed by atoms with Gasteiger partial charge in [0.05, 0.1) is 21.1 Å². The highest BCUT2D eigenvalue weighted by Gasteiger charge is 2.10. The van der Waals surface area contributed by atoms with Crippen molar-refractivity contribution in [2.24, 2.45) is 0 Å². The van der Waals surface area contributed by atoms with E-state index in [-0.39, 0.29) is 12.5 Å². The zero-order valence-corrected chi connectivity index (χ0v) is 19.7. The van der Waals surface area contributed by atoms with Gasteiger partial charge >= 0.3 is 0 Å². The zero-order valence-electron chi connectivity index (χ0n) is 18.1. The monoisotopic (exact) mass is 500 g/mol. The van der Waals surface area contributed by atoms with Gasteiger partial charge in [-0.1, -0.05) is 29.8 Å². The summed E-state index contributed by atoms with van der Waals surface area (Å²) < 4.78 is 6.33. The molecule has 4 rings (SSSR count). The first kappa shape index (κ1) is 22.3. The number of amides is 1. The van der Waals surface area contributed by atoms with E-state index in [0.717, 1.165) is 33.4 Å². The second-order valence-corrected chi connectivity index (χ2v) is 8.52. The van der Waals surface area contributed by atoms with E-state index in [1.807, 2.05) is 68.4 Å². The molecule has 0 atom stereocenters. The van der Waals surface area contributed by atoms with E-state index in [4.69, 9.17) is 4.74 Å². The number of nitriles is 1. The van der Waals surface area contributed by atoms with E-state index < -0.39 is 0 Å². The summed E-state index contributed by atoms with van der Waals surface area (Å²) >= 11 is 3.48. The molecule has 33 heavy (non-hydrogen) atoms. The Morgan fingerprint density at radius 1 is 1.12 bits per heavy atom. The van der Waals surface area contributed by atoms with Crippen LogP contribution in [-0.4, -0.2) is 22.5 Å². The summed E-state index contributed by atoms with van der Waals surface area (Å²) in [5, 5.41) is 12.5. The third-order valence-electron chi connectivity index (χ3n) is 4.97. The molecule has 0 bridgehead atoms. The number of aromatic amines is 1. The topological polar surface area (TPSA) is 90.8 Å². The summed E-state index contributed by atoms with van der Waals surface area (Å²) in [6.07, 6.45) is 1.75. The van der Waals surface area contributed by atoms with Crippen molar-refractivity contribution in [3.8, 4) is 11.8 Å². The van der Waals surface area contributed by atoms with Gasteiger partial charge in [0.15, 0.2) is 6.61 Å². The first-order chi connectivity index (χ1) is 15.9. The predicted octanol–water partition coefficient (Wildman–Crippen LogP) is 6.02. The maximum absolute atomic E-state index is 12.2. The third-order valence-corrected chi connectivity index (χ3v) is 5.59. The Labute approximate surface area is 200 Å². The van der Waals surface area contributed by atoms with Gasteiger partial charge in [-0.3, -0.25) is 4.79 Å². The Kier molecular flexibility index (Phi) is 6.57. The number of H-pyrrole nitrogens is 1. The highest BCUT2D eigenvalue weighted by atomic mass is 79.9. The summed E-state index contributed by atoms with van der Waals surface area (Å²) in [6, 6.07) is 21.1. The van der Waals surface area contributed by atoms with Gasteiger partial charge in [0.1, 0.15) is 17.6 Å². The molecule has 3 aromatic carbocycles. The van der Waals surface area contributed by atoms with Crippen molar-refractivity contribution in [3.63, 3.8) is 0 Å². The van der Waals surface area contributed by atoms with Gasteiger partial charge in [-0.15, -0.1) is 0 Å². The first-order valence-corrected chi connectivity index (χ1v) is 11.1. The Morgan fingerprint density at radius 3 is 2.61 bits per heavy atom. The summed E-state index contributed by atoms with van der Waals surface area (Å²) in [5.41, 5.74) is 5.88. The normalized spacial score (nSPS) is 11.3. The number of allylic oxidation sites excluding steroid dienone is 1. The number of imidazole rings is 1. The number of hydrogen-bond donors (Lipinski definition) is 2. The Hall–Kier alpha value is -3.89. The standard InChI is InChI=1S/C26H21BrN4O2/c1-16-3-7-20(8-4-16)29-25(32)15-33-24-10-6-18(13-21(24)27)12-19(14-28)26-30-22-9-5-17(2)11-23(22)31-26/h3-13H,15H2,1-2H3,(H,29,32)(H,30,31)/b19-12-. The van der Waals surface area contributed by atoms with Crippen LogP contribution in [0.15, 0.2) is 65.1 Å². The van der Waals surface area contributed by atoms with Crippen LogP contribution in [0, 0.1) is 25.2 Å². The Bertz CT molecular complexity index is 1400. The number of fused-ring (bicyclic) bond motifs is 1. The molecule has 6 nitrogen and oxygen atoms in total. The fourth-order valence-electron chi connectivity index (χ4n) is 3.27. The minimum Gasteiger partial charge on any atom is -0.483 e. The lowest BCUT2D eigenvalue weighted by Crippen LogP contribution is -2.20. The molecule has 4 aromatic rings. The Morgan fingerprint density at radius 2 is 1.88 bits per heavy atom. The summed E-state index contributed by atoms with van der Waals surface area (Å²) in [4.78, 5) is 19.9. The van der Waals surface area contributed by atoms with Crippen LogP contribution in [0.4, 0.5) is 5.69 Å². The van der Waals surface area contributed by atoms with Crippen molar-refractivity contribution in [2.75, 3.05) is 11.9 Å². The summed E-state index contributed by atoms with van der Waals surface area (Å²) in [6.45, 7) is 3.87. The number of carbonyl (C=O) groups excluding carboxylic acids is 1. The molecular formula is C26H21BrN4O2. The van der Waals surface area contributed by atoms with Gasteiger partial charge in [0.2, 0.25) is 0 Å². The number of aryl methyl sites for hydroxylation is 2. The van der Waals surface area contributed by atoms with E-state index in [9.17, 15) is 10.1 Å². The highest BCUT2D eigenvalue weighted by molar-refractivity contribution is 9.10. The van der Waals surface area contributed by atoms with Crippen LogP contribution in [0.2, 0.25) is 0 Å². The minimum atomic E-state index is -0.249. The molecule has 2 N–H and O–H groups in total. The SMILES string of the molecule is Cc1ccc(NC(=O)COc2ccc(/C=C(/C#N)c3nc4ccc(C)cc4[nH]3)cc2Br)cc1. The predicted molar refractivity (Wildman–Crippen MR) is 134 cm³/mol. The van der Waals surface area contributed by atoms with E-state index in [1.54, 1.807) is 12.1 Å². The molecule has 0 saturated heterocycles.